The zero-order chi connectivity index (χ0) is 19.6. The number of amides is 1. The number of hydrogen-bond donors (Lipinski definition) is 2. The fourth-order valence-corrected chi connectivity index (χ4v) is 4.57. The van der Waals surface area contributed by atoms with Crippen LogP contribution in [0.5, 0.6) is 0 Å². The number of carbonyl (C=O) groups excluding carboxylic acids is 1. The molecule has 0 bridgehead atoms. The predicted octanol–water partition coefficient (Wildman–Crippen LogP) is 4.10. The Morgan fingerprint density at radius 1 is 1.11 bits per heavy atom. The molecule has 0 spiro atoms. The van der Waals surface area contributed by atoms with Crippen molar-refractivity contribution in [2.45, 2.75) is 18.7 Å². The fraction of sp³-hybridized carbons (Fsp3) is 0.211. The molecular formula is C19H20ClN3O3S. The Morgan fingerprint density at radius 3 is 2.56 bits per heavy atom. The van der Waals surface area contributed by atoms with Gasteiger partial charge >= 0.3 is 0 Å². The van der Waals surface area contributed by atoms with Gasteiger partial charge in [-0.15, -0.1) is 0 Å². The topological polar surface area (TPSA) is 82.3 Å². The number of rotatable bonds is 6. The molecule has 0 fully saturated rings. The Labute approximate surface area is 163 Å². The van der Waals surface area contributed by atoms with Gasteiger partial charge in [0.2, 0.25) is 10.0 Å². The maximum absolute atomic E-state index is 12.7. The second-order valence-electron chi connectivity index (χ2n) is 5.96. The highest BCUT2D eigenvalue weighted by Gasteiger charge is 2.24. The fourth-order valence-electron chi connectivity index (χ4n) is 2.88. The number of hydrogen-bond acceptors (Lipinski definition) is 3. The molecule has 1 amide bonds. The van der Waals surface area contributed by atoms with Gasteiger partial charge in [-0.3, -0.25) is 4.79 Å². The first-order valence-electron chi connectivity index (χ1n) is 8.55. The third-order valence-electron chi connectivity index (χ3n) is 4.34. The van der Waals surface area contributed by atoms with Crippen LogP contribution in [0.4, 0.5) is 5.69 Å². The molecule has 2 N–H and O–H groups in total. The summed E-state index contributed by atoms with van der Waals surface area (Å²) in [6, 6.07) is 11.5. The van der Waals surface area contributed by atoms with E-state index in [4.69, 9.17) is 11.6 Å². The first kappa shape index (κ1) is 19.4. The molecule has 0 atom stereocenters. The Balaban J connectivity index is 1.92. The van der Waals surface area contributed by atoms with E-state index in [1.165, 1.54) is 22.5 Å². The van der Waals surface area contributed by atoms with Crippen molar-refractivity contribution in [1.29, 1.82) is 0 Å². The maximum Gasteiger partial charge on any atom is 0.257 e. The van der Waals surface area contributed by atoms with Gasteiger partial charge in [0.25, 0.3) is 5.91 Å². The first-order valence-corrected chi connectivity index (χ1v) is 10.4. The SMILES string of the molecule is CCN(CC)S(=O)(=O)c1ccc(Cl)c(C(=O)Nc2ccc3[nH]ccc3c2)c1. The van der Waals surface area contributed by atoms with Crippen molar-refractivity contribution in [1.82, 2.24) is 9.29 Å². The summed E-state index contributed by atoms with van der Waals surface area (Å²) < 4.78 is 26.7. The van der Waals surface area contributed by atoms with Crippen molar-refractivity contribution in [2.75, 3.05) is 18.4 Å². The molecule has 27 heavy (non-hydrogen) atoms. The third kappa shape index (κ3) is 3.85. The van der Waals surface area contributed by atoms with Crippen LogP contribution in [-0.4, -0.2) is 36.7 Å². The molecule has 1 heterocycles. The third-order valence-corrected chi connectivity index (χ3v) is 6.71. The van der Waals surface area contributed by atoms with Crippen molar-refractivity contribution < 1.29 is 13.2 Å². The van der Waals surface area contributed by atoms with Crippen LogP contribution in [0.15, 0.2) is 53.6 Å². The number of H-pyrrole nitrogens is 1. The first-order chi connectivity index (χ1) is 12.9. The van der Waals surface area contributed by atoms with Crippen molar-refractivity contribution in [3.8, 4) is 0 Å². The summed E-state index contributed by atoms with van der Waals surface area (Å²) in [7, 11) is -3.68. The largest absolute Gasteiger partial charge is 0.361 e. The lowest BCUT2D eigenvalue weighted by molar-refractivity contribution is 0.102. The van der Waals surface area contributed by atoms with Crippen molar-refractivity contribution >= 4 is 44.1 Å². The molecule has 0 aliphatic carbocycles. The lowest BCUT2D eigenvalue weighted by Crippen LogP contribution is -2.30. The minimum absolute atomic E-state index is 0.0434. The number of aromatic amines is 1. The standard InChI is InChI=1S/C19H20ClN3O3S/c1-3-23(4-2)27(25,26)15-6-7-17(20)16(12-15)19(24)22-14-5-8-18-13(11-14)9-10-21-18/h5-12,21H,3-4H2,1-2H3,(H,22,24). The highest BCUT2D eigenvalue weighted by molar-refractivity contribution is 7.89. The van der Waals surface area contributed by atoms with Crippen LogP contribution in [0.3, 0.4) is 0 Å². The number of benzene rings is 2. The number of carbonyl (C=O) groups is 1. The van der Waals surface area contributed by atoms with Gasteiger partial charge in [0.1, 0.15) is 0 Å². The molecule has 8 heteroatoms. The predicted molar refractivity (Wildman–Crippen MR) is 108 cm³/mol. The van der Waals surface area contributed by atoms with E-state index in [1.54, 1.807) is 19.9 Å². The van der Waals surface area contributed by atoms with Gasteiger partial charge in [0, 0.05) is 35.9 Å². The number of anilines is 1. The van der Waals surface area contributed by atoms with Crippen LogP contribution in [0.2, 0.25) is 5.02 Å². The maximum atomic E-state index is 12.7. The second kappa shape index (κ2) is 7.72. The average Bonchev–Trinajstić information content (AvgIpc) is 3.10. The van der Waals surface area contributed by atoms with E-state index in [0.717, 1.165) is 10.9 Å². The van der Waals surface area contributed by atoms with Gasteiger partial charge in [-0.1, -0.05) is 25.4 Å². The highest BCUT2D eigenvalue weighted by Crippen LogP contribution is 2.25. The summed E-state index contributed by atoms with van der Waals surface area (Å²) in [5.41, 5.74) is 1.66. The van der Waals surface area contributed by atoms with Gasteiger partial charge < -0.3 is 10.3 Å². The molecule has 3 aromatic rings. The van der Waals surface area contributed by atoms with E-state index in [0.29, 0.717) is 18.8 Å². The van der Waals surface area contributed by atoms with Crippen molar-refractivity contribution in [3.63, 3.8) is 0 Å². The van der Waals surface area contributed by atoms with E-state index < -0.39 is 15.9 Å². The number of halogens is 1. The Kier molecular flexibility index (Phi) is 5.55. The van der Waals surface area contributed by atoms with E-state index in [1.807, 2.05) is 24.4 Å². The van der Waals surface area contributed by atoms with Crippen molar-refractivity contribution in [2.24, 2.45) is 0 Å². The van der Waals surface area contributed by atoms with E-state index in [2.05, 4.69) is 10.3 Å². The Bertz CT molecular complexity index is 1090. The monoisotopic (exact) mass is 405 g/mol. The quantitative estimate of drug-likeness (QED) is 0.647. The highest BCUT2D eigenvalue weighted by atomic mass is 35.5. The zero-order valence-corrected chi connectivity index (χ0v) is 16.6. The van der Waals surface area contributed by atoms with Gasteiger partial charge in [-0.2, -0.15) is 4.31 Å². The zero-order valence-electron chi connectivity index (χ0n) is 15.0. The van der Waals surface area contributed by atoms with Crippen LogP contribution in [0.25, 0.3) is 10.9 Å². The minimum Gasteiger partial charge on any atom is -0.361 e. The molecule has 0 saturated carbocycles. The molecule has 142 valence electrons. The summed E-state index contributed by atoms with van der Waals surface area (Å²) >= 11 is 6.16. The normalized spacial score (nSPS) is 11.9. The van der Waals surface area contributed by atoms with E-state index in [9.17, 15) is 13.2 Å². The summed E-state index contributed by atoms with van der Waals surface area (Å²) in [5.74, 6) is -0.466. The lowest BCUT2D eigenvalue weighted by atomic mass is 10.2. The number of nitrogens with zero attached hydrogens (tertiary/aromatic N) is 1. The van der Waals surface area contributed by atoms with Gasteiger partial charge in [-0.05, 0) is 42.5 Å². The Morgan fingerprint density at radius 2 is 1.85 bits per heavy atom. The second-order valence-corrected chi connectivity index (χ2v) is 8.31. The smallest absolute Gasteiger partial charge is 0.257 e. The number of aromatic nitrogens is 1. The Hall–Kier alpha value is -2.35. The molecule has 0 saturated heterocycles. The van der Waals surface area contributed by atoms with Crippen molar-refractivity contribution in [3.05, 3.63) is 59.2 Å². The van der Waals surface area contributed by atoms with Crippen LogP contribution < -0.4 is 5.32 Å². The molecule has 0 unspecified atom stereocenters. The van der Waals surface area contributed by atoms with Crippen LogP contribution >= 0.6 is 11.6 Å². The number of sulfonamides is 1. The van der Waals surface area contributed by atoms with Gasteiger partial charge in [0.15, 0.2) is 0 Å². The number of nitrogens with one attached hydrogen (secondary N) is 2. The van der Waals surface area contributed by atoms with Gasteiger partial charge in [0.05, 0.1) is 15.5 Å². The van der Waals surface area contributed by atoms with Gasteiger partial charge in [-0.25, -0.2) is 8.42 Å². The summed E-state index contributed by atoms with van der Waals surface area (Å²) in [6.45, 7) is 4.23. The molecule has 0 aliphatic heterocycles. The molecule has 1 aromatic heterocycles. The molecule has 0 radical (unpaired) electrons. The lowest BCUT2D eigenvalue weighted by Gasteiger charge is -2.19. The summed E-state index contributed by atoms with van der Waals surface area (Å²) in [4.78, 5) is 15.8. The minimum atomic E-state index is -3.68. The van der Waals surface area contributed by atoms with Crippen LogP contribution in [0, 0.1) is 0 Å². The summed E-state index contributed by atoms with van der Waals surface area (Å²) in [6.07, 6.45) is 1.81. The summed E-state index contributed by atoms with van der Waals surface area (Å²) in [5, 5.41) is 3.92. The average molecular weight is 406 g/mol. The molecule has 0 aliphatic rings. The molecule has 2 aromatic carbocycles. The number of fused-ring (bicyclic) bond motifs is 1. The molecule has 6 nitrogen and oxygen atoms in total. The van der Waals surface area contributed by atoms with E-state index >= 15 is 0 Å². The molecule has 3 rings (SSSR count). The molecular weight excluding hydrogens is 386 g/mol. The van der Waals surface area contributed by atoms with Crippen LogP contribution in [0.1, 0.15) is 24.2 Å². The van der Waals surface area contributed by atoms with Crippen LogP contribution in [-0.2, 0) is 10.0 Å². The van der Waals surface area contributed by atoms with E-state index in [-0.39, 0.29) is 15.5 Å².